The Hall–Kier alpha value is -2.56. The molecule has 1 aliphatic heterocycles. The average Bonchev–Trinajstić information content (AvgIpc) is 3.11. The zero-order chi connectivity index (χ0) is 19.4. The number of hydrogen-bond donors (Lipinski definition) is 0. The molecular weight excluding hydrogens is 380 g/mol. The van der Waals surface area contributed by atoms with Crippen LogP contribution in [-0.4, -0.2) is 13.5 Å². The molecule has 3 rings (SSSR count). The van der Waals surface area contributed by atoms with Crippen LogP contribution in [0.15, 0.2) is 69.1 Å². The van der Waals surface area contributed by atoms with E-state index in [0.717, 1.165) is 16.7 Å². The molecule has 0 aromatic heterocycles. The minimum atomic E-state index is -3.90. The van der Waals surface area contributed by atoms with Crippen LogP contribution in [0.25, 0.3) is 5.57 Å². The van der Waals surface area contributed by atoms with Gasteiger partial charge in [0.05, 0.1) is 10.5 Å². The SMILES string of the molecule is CC1=CC=C(S(=O)(=O)O/N=C2C=C/C(=C(/C#N)c3ccccc3C)S\2)CC1. The molecule has 7 heteroatoms. The van der Waals surface area contributed by atoms with E-state index in [1.165, 1.54) is 11.8 Å². The van der Waals surface area contributed by atoms with Crippen molar-refractivity contribution in [2.24, 2.45) is 5.16 Å². The van der Waals surface area contributed by atoms with E-state index in [0.29, 0.717) is 28.4 Å². The van der Waals surface area contributed by atoms with Crippen LogP contribution < -0.4 is 0 Å². The Labute approximate surface area is 163 Å². The number of allylic oxidation sites excluding steroid dienone is 6. The molecule has 1 heterocycles. The number of benzene rings is 1. The van der Waals surface area contributed by atoms with Gasteiger partial charge in [0.25, 0.3) is 0 Å². The van der Waals surface area contributed by atoms with Crippen molar-refractivity contribution < 1.29 is 12.7 Å². The van der Waals surface area contributed by atoms with Gasteiger partial charge in [-0.3, -0.25) is 4.28 Å². The summed E-state index contributed by atoms with van der Waals surface area (Å²) in [6.07, 6.45) is 7.83. The smallest absolute Gasteiger partial charge is 0.264 e. The maximum Gasteiger partial charge on any atom is 0.354 e. The number of hydrogen-bond acceptors (Lipinski definition) is 6. The van der Waals surface area contributed by atoms with E-state index in [1.54, 1.807) is 24.3 Å². The molecule has 0 N–H and O–H groups in total. The van der Waals surface area contributed by atoms with Crippen LogP contribution in [-0.2, 0) is 14.4 Å². The fourth-order valence-corrected chi connectivity index (χ4v) is 4.41. The first-order valence-corrected chi connectivity index (χ1v) is 10.6. The second-order valence-corrected chi connectivity index (χ2v) is 8.85. The van der Waals surface area contributed by atoms with Crippen molar-refractivity contribution in [2.75, 3.05) is 0 Å². The van der Waals surface area contributed by atoms with Crippen molar-refractivity contribution >= 4 is 32.5 Å². The standard InChI is InChI=1S/C20H18N2O3S2/c1-14-7-9-16(10-8-14)27(23,24)25-22-20-12-11-19(26-20)18(13-21)17-6-4-3-5-15(17)2/h3-7,9,11-12H,8,10H2,1-2H3/b19-18+,22-20+. The molecule has 0 spiro atoms. The van der Waals surface area contributed by atoms with E-state index in [-0.39, 0.29) is 4.91 Å². The maximum absolute atomic E-state index is 12.3. The molecule has 0 saturated carbocycles. The Bertz CT molecular complexity index is 1070. The molecular formula is C20H18N2O3S2. The van der Waals surface area contributed by atoms with Crippen molar-refractivity contribution in [1.82, 2.24) is 0 Å². The molecule has 0 fully saturated rings. The van der Waals surface area contributed by atoms with Crippen LogP contribution in [0.1, 0.15) is 30.9 Å². The van der Waals surface area contributed by atoms with Crippen LogP contribution in [0.3, 0.4) is 0 Å². The summed E-state index contributed by atoms with van der Waals surface area (Å²) < 4.78 is 29.4. The van der Waals surface area contributed by atoms with Crippen LogP contribution in [0, 0.1) is 18.3 Å². The topological polar surface area (TPSA) is 79.5 Å². The van der Waals surface area contributed by atoms with Gasteiger partial charge in [-0.25, -0.2) is 0 Å². The van der Waals surface area contributed by atoms with E-state index in [9.17, 15) is 13.7 Å². The van der Waals surface area contributed by atoms with Crippen LogP contribution in [0.5, 0.6) is 0 Å². The Morgan fingerprint density at radius 2 is 1.96 bits per heavy atom. The molecule has 1 aromatic rings. The summed E-state index contributed by atoms with van der Waals surface area (Å²) in [6.45, 7) is 3.89. The molecule has 0 saturated heterocycles. The highest BCUT2D eigenvalue weighted by atomic mass is 32.2. The van der Waals surface area contributed by atoms with Crippen molar-refractivity contribution in [3.05, 3.63) is 75.1 Å². The van der Waals surface area contributed by atoms with Gasteiger partial charge in [-0.2, -0.15) is 13.7 Å². The number of thioether (sulfide) groups is 1. The lowest BCUT2D eigenvalue weighted by Crippen LogP contribution is -2.08. The monoisotopic (exact) mass is 398 g/mol. The fourth-order valence-electron chi connectivity index (χ4n) is 2.68. The third-order valence-corrected chi connectivity index (χ3v) is 6.46. The summed E-state index contributed by atoms with van der Waals surface area (Å²) in [7, 11) is -3.90. The van der Waals surface area contributed by atoms with Crippen LogP contribution in [0.2, 0.25) is 0 Å². The summed E-state index contributed by atoms with van der Waals surface area (Å²) in [5, 5.41) is 13.7. The van der Waals surface area contributed by atoms with Crippen molar-refractivity contribution in [1.29, 1.82) is 5.26 Å². The summed E-state index contributed by atoms with van der Waals surface area (Å²) in [5.41, 5.74) is 3.49. The third-order valence-electron chi connectivity index (χ3n) is 4.23. The second kappa shape index (κ2) is 7.99. The minimum Gasteiger partial charge on any atom is -0.264 e. The molecule has 27 heavy (non-hydrogen) atoms. The molecule has 5 nitrogen and oxygen atoms in total. The predicted molar refractivity (Wildman–Crippen MR) is 109 cm³/mol. The van der Waals surface area contributed by atoms with Gasteiger partial charge in [0, 0.05) is 4.91 Å². The number of aryl methyl sites for hydroxylation is 1. The van der Waals surface area contributed by atoms with E-state index < -0.39 is 10.1 Å². The van der Waals surface area contributed by atoms with Crippen molar-refractivity contribution in [3.63, 3.8) is 0 Å². The number of nitriles is 1. The van der Waals surface area contributed by atoms with Crippen LogP contribution in [0.4, 0.5) is 0 Å². The average molecular weight is 399 g/mol. The Balaban J connectivity index is 1.79. The first kappa shape index (κ1) is 19.2. The predicted octanol–water partition coefficient (Wildman–Crippen LogP) is 4.82. The summed E-state index contributed by atoms with van der Waals surface area (Å²) in [6, 6.07) is 9.85. The third kappa shape index (κ3) is 4.41. The van der Waals surface area contributed by atoms with Crippen molar-refractivity contribution in [2.45, 2.75) is 26.7 Å². The maximum atomic E-state index is 12.3. The largest absolute Gasteiger partial charge is 0.354 e. The van der Waals surface area contributed by atoms with Gasteiger partial charge < -0.3 is 0 Å². The lowest BCUT2D eigenvalue weighted by atomic mass is 10.0. The Kier molecular flexibility index (Phi) is 5.68. The Morgan fingerprint density at radius 1 is 1.19 bits per heavy atom. The highest BCUT2D eigenvalue weighted by molar-refractivity contribution is 8.18. The summed E-state index contributed by atoms with van der Waals surface area (Å²) in [5.74, 6) is 0. The second-order valence-electron chi connectivity index (χ2n) is 6.21. The normalized spacial score (nSPS) is 20.1. The summed E-state index contributed by atoms with van der Waals surface area (Å²) >= 11 is 1.21. The van der Waals surface area contributed by atoms with E-state index >= 15 is 0 Å². The first-order valence-electron chi connectivity index (χ1n) is 8.35. The number of oxime groups is 1. The molecule has 0 unspecified atom stereocenters. The summed E-state index contributed by atoms with van der Waals surface area (Å²) in [4.78, 5) is 0.930. The van der Waals surface area contributed by atoms with Gasteiger partial charge in [-0.15, -0.1) is 0 Å². The Morgan fingerprint density at radius 3 is 2.63 bits per heavy atom. The molecule has 0 bridgehead atoms. The van der Waals surface area contributed by atoms with Gasteiger partial charge in [0.15, 0.2) is 0 Å². The molecule has 0 radical (unpaired) electrons. The molecule has 138 valence electrons. The molecule has 0 atom stereocenters. The van der Waals surface area contributed by atoms with E-state index in [2.05, 4.69) is 11.2 Å². The lowest BCUT2D eigenvalue weighted by molar-refractivity contribution is 0.344. The minimum absolute atomic E-state index is 0.220. The first-order chi connectivity index (χ1) is 12.9. The zero-order valence-electron chi connectivity index (χ0n) is 15.0. The number of rotatable bonds is 4. The van der Waals surface area contributed by atoms with Crippen molar-refractivity contribution in [3.8, 4) is 6.07 Å². The van der Waals surface area contributed by atoms with Gasteiger partial charge >= 0.3 is 10.1 Å². The van der Waals surface area contributed by atoms with E-state index in [4.69, 9.17) is 4.28 Å². The van der Waals surface area contributed by atoms with Gasteiger partial charge in [0.1, 0.15) is 11.1 Å². The quantitative estimate of drug-likeness (QED) is 0.537. The molecule has 1 aromatic carbocycles. The number of nitrogens with zero attached hydrogens (tertiary/aromatic N) is 2. The van der Waals surface area contributed by atoms with E-state index in [1.807, 2.05) is 38.1 Å². The molecule has 0 amide bonds. The van der Waals surface area contributed by atoms with Gasteiger partial charge in [-0.1, -0.05) is 52.8 Å². The van der Waals surface area contributed by atoms with Gasteiger partial charge in [-0.05, 0) is 56.0 Å². The fraction of sp³-hybridized carbons (Fsp3) is 0.200. The molecule has 1 aliphatic carbocycles. The van der Waals surface area contributed by atoms with Crippen LogP contribution >= 0.6 is 11.8 Å². The lowest BCUT2D eigenvalue weighted by Gasteiger charge is -2.10. The zero-order valence-corrected chi connectivity index (χ0v) is 16.6. The highest BCUT2D eigenvalue weighted by Crippen LogP contribution is 2.35. The molecule has 2 aliphatic rings. The highest BCUT2D eigenvalue weighted by Gasteiger charge is 2.22. The van der Waals surface area contributed by atoms with Gasteiger partial charge in [0.2, 0.25) is 0 Å².